The smallest absolute Gasteiger partial charge is 0.417 e. The van der Waals surface area contributed by atoms with Crippen LogP contribution in [0.4, 0.5) is 26.3 Å². The van der Waals surface area contributed by atoms with Gasteiger partial charge in [-0.25, -0.2) is 0 Å². The summed E-state index contributed by atoms with van der Waals surface area (Å²) in [6.07, 6.45) is -10.6. The normalized spacial score (nSPS) is 12.4. The number of methoxy groups -OCH3 is 1. The molecule has 112 valence electrons. The highest BCUT2D eigenvalue weighted by Gasteiger charge is 2.40. The van der Waals surface area contributed by atoms with Crippen molar-refractivity contribution in [2.75, 3.05) is 7.11 Å². The third kappa shape index (κ3) is 4.00. The molecule has 0 spiro atoms. The number of benzene rings is 1. The summed E-state index contributed by atoms with van der Waals surface area (Å²) in [7, 11) is 0.977. The van der Waals surface area contributed by atoms with Gasteiger partial charge in [-0.15, -0.1) is 0 Å². The van der Waals surface area contributed by atoms with E-state index < -0.39 is 45.0 Å². The summed E-state index contributed by atoms with van der Waals surface area (Å²) in [6, 6.07) is 0.711. The van der Waals surface area contributed by atoms with E-state index in [1.54, 1.807) is 0 Å². The van der Waals surface area contributed by atoms with Gasteiger partial charge in [-0.05, 0) is 40.3 Å². The molecule has 20 heavy (non-hydrogen) atoms. The van der Waals surface area contributed by atoms with Gasteiger partial charge in [0, 0.05) is 3.57 Å². The van der Waals surface area contributed by atoms with E-state index in [1.807, 2.05) is 0 Å². The Hall–Kier alpha value is -1.00. The van der Waals surface area contributed by atoms with Crippen molar-refractivity contribution in [1.82, 2.24) is 0 Å². The van der Waals surface area contributed by atoms with Crippen LogP contribution in [-0.4, -0.2) is 13.1 Å². The van der Waals surface area contributed by atoms with E-state index in [0.717, 1.165) is 7.11 Å². The molecule has 0 saturated heterocycles. The molecule has 0 atom stereocenters. The number of esters is 1. The van der Waals surface area contributed by atoms with Crippen molar-refractivity contribution >= 4 is 28.6 Å². The van der Waals surface area contributed by atoms with Gasteiger partial charge >= 0.3 is 18.3 Å². The largest absolute Gasteiger partial charge is 0.469 e. The maximum Gasteiger partial charge on any atom is 0.417 e. The number of carbonyl (C=O) groups excluding carboxylic acids is 1. The van der Waals surface area contributed by atoms with Gasteiger partial charge < -0.3 is 4.74 Å². The highest BCUT2D eigenvalue weighted by Crippen LogP contribution is 2.39. The fourth-order valence-electron chi connectivity index (χ4n) is 1.47. The van der Waals surface area contributed by atoms with Gasteiger partial charge in [0.05, 0.1) is 24.7 Å². The van der Waals surface area contributed by atoms with Gasteiger partial charge in [0.25, 0.3) is 0 Å². The molecule has 2 nitrogen and oxygen atoms in total. The zero-order valence-electron chi connectivity index (χ0n) is 9.82. The number of hydrogen-bond donors (Lipinski definition) is 0. The molecule has 0 aliphatic rings. The van der Waals surface area contributed by atoms with Crippen molar-refractivity contribution in [2.24, 2.45) is 0 Å². The van der Waals surface area contributed by atoms with E-state index in [9.17, 15) is 31.1 Å². The first-order chi connectivity index (χ1) is 8.96. The zero-order chi connectivity index (χ0) is 15.7. The van der Waals surface area contributed by atoms with Crippen molar-refractivity contribution < 1.29 is 35.9 Å². The monoisotopic (exact) mass is 412 g/mol. The van der Waals surface area contributed by atoms with Crippen LogP contribution in [0.1, 0.15) is 16.7 Å². The topological polar surface area (TPSA) is 26.3 Å². The number of hydrogen-bond acceptors (Lipinski definition) is 2. The average Bonchev–Trinajstić information content (AvgIpc) is 2.25. The number of carbonyl (C=O) groups is 1. The summed E-state index contributed by atoms with van der Waals surface area (Å²) < 4.78 is 80.0. The number of rotatable bonds is 2. The molecule has 0 amide bonds. The predicted molar refractivity (Wildman–Crippen MR) is 64.9 cm³/mol. The van der Waals surface area contributed by atoms with Crippen molar-refractivity contribution in [2.45, 2.75) is 18.8 Å². The van der Waals surface area contributed by atoms with E-state index in [-0.39, 0.29) is 6.07 Å². The molecular formula is C11H7F6IO2. The average molecular weight is 412 g/mol. The fourth-order valence-corrected chi connectivity index (χ4v) is 2.31. The molecule has 1 aromatic rings. The number of alkyl halides is 6. The van der Waals surface area contributed by atoms with Gasteiger partial charge in [0.2, 0.25) is 0 Å². The van der Waals surface area contributed by atoms with Crippen LogP contribution in [0.3, 0.4) is 0 Å². The van der Waals surface area contributed by atoms with Crippen molar-refractivity contribution in [1.29, 1.82) is 0 Å². The van der Waals surface area contributed by atoms with Crippen molar-refractivity contribution in [3.8, 4) is 0 Å². The molecule has 0 unspecified atom stereocenters. The molecule has 0 heterocycles. The maximum atomic E-state index is 12.8. The second-order valence-electron chi connectivity index (χ2n) is 3.74. The number of halogens is 7. The summed E-state index contributed by atoms with van der Waals surface area (Å²) in [5.74, 6) is -0.967. The summed E-state index contributed by atoms with van der Waals surface area (Å²) >= 11 is 1.28. The van der Waals surface area contributed by atoms with Gasteiger partial charge in [-0.1, -0.05) is 0 Å². The summed E-state index contributed by atoms with van der Waals surface area (Å²) in [4.78, 5) is 11.0. The lowest BCUT2D eigenvalue weighted by atomic mass is 10.0. The molecule has 0 saturated carbocycles. The molecular weight excluding hydrogens is 405 g/mol. The van der Waals surface area contributed by atoms with Crippen molar-refractivity contribution in [3.63, 3.8) is 0 Å². The first kappa shape index (κ1) is 17.1. The van der Waals surface area contributed by atoms with E-state index >= 15 is 0 Å². The Balaban J connectivity index is 3.45. The lowest BCUT2D eigenvalue weighted by Crippen LogP contribution is -2.17. The van der Waals surface area contributed by atoms with Crippen LogP contribution in [0.5, 0.6) is 0 Å². The molecule has 0 N–H and O–H groups in total. The molecule has 1 aromatic carbocycles. The molecule has 1 rings (SSSR count). The van der Waals surface area contributed by atoms with Crippen LogP contribution in [0.25, 0.3) is 0 Å². The van der Waals surface area contributed by atoms with E-state index in [4.69, 9.17) is 0 Å². The van der Waals surface area contributed by atoms with Gasteiger partial charge in [-0.3, -0.25) is 4.79 Å². The lowest BCUT2D eigenvalue weighted by molar-refractivity contribution is -0.144. The number of ether oxygens (including phenoxy) is 1. The highest BCUT2D eigenvalue weighted by molar-refractivity contribution is 14.1. The molecule has 0 aliphatic heterocycles. The van der Waals surface area contributed by atoms with Crippen LogP contribution >= 0.6 is 22.6 Å². The maximum absolute atomic E-state index is 12.8. The first-order valence-corrected chi connectivity index (χ1v) is 6.08. The zero-order valence-corrected chi connectivity index (χ0v) is 12.0. The third-order valence-corrected chi connectivity index (χ3v) is 3.26. The second kappa shape index (κ2) is 5.78. The summed E-state index contributed by atoms with van der Waals surface area (Å²) in [5, 5.41) is 0. The van der Waals surface area contributed by atoms with Crippen LogP contribution < -0.4 is 0 Å². The fraction of sp³-hybridized carbons (Fsp3) is 0.364. The van der Waals surface area contributed by atoms with Crippen LogP contribution in [-0.2, 0) is 28.3 Å². The molecule has 9 heteroatoms. The Bertz CT molecular complexity index is 521. The van der Waals surface area contributed by atoms with Gasteiger partial charge in [0.1, 0.15) is 0 Å². The third-order valence-electron chi connectivity index (χ3n) is 2.37. The van der Waals surface area contributed by atoms with E-state index in [0.29, 0.717) is 6.07 Å². The molecule has 0 aliphatic carbocycles. The minimum Gasteiger partial charge on any atom is -0.469 e. The predicted octanol–water partition coefficient (Wildman–Crippen LogP) is 4.04. The van der Waals surface area contributed by atoms with Gasteiger partial charge in [0.15, 0.2) is 0 Å². The summed E-state index contributed by atoms with van der Waals surface area (Å²) in [6.45, 7) is 0. The quantitative estimate of drug-likeness (QED) is 0.417. The van der Waals surface area contributed by atoms with E-state index in [1.165, 1.54) is 22.6 Å². The Morgan fingerprint density at radius 3 is 2.00 bits per heavy atom. The van der Waals surface area contributed by atoms with Crippen molar-refractivity contribution in [3.05, 3.63) is 32.4 Å². The Morgan fingerprint density at radius 1 is 1.10 bits per heavy atom. The standard InChI is InChI=1S/C11H7F6IO2/c1-20-9(19)3-5-2-8(18)7(11(15,16)17)4-6(5)10(12,13)14/h2,4H,3H2,1H3. The molecule has 0 fully saturated rings. The molecule has 0 radical (unpaired) electrons. The second-order valence-corrected chi connectivity index (χ2v) is 4.90. The van der Waals surface area contributed by atoms with Crippen LogP contribution in [0, 0.1) is 3.57 Å². The minimum atomic E-state index is -4.99. The molecule has 0 bridgehead atoms. The molecule has 0 aromatic heterocycles. The lowest BCUT2D eigenvalue weighted by Gasteiger charge is -2.17. The Kier molecular flexibility index (Phi) is 4.93. The highest BCUT2D eigenvalue weighted by atomic mass is 127. The van der Waals surface area contributed by atoms with E-state index in [2.05, 4.69) is 4.74 Å². The first-order valence-electron chi connectivity index (χ1n) is 5.00. The van der Waals surface area contributed by atoms with Crippen LogP contribution in [0.15, 0.2) is 12.1 Å². The summed E-state index contributed by atoms with van der Waals surface area (Å²) in [5.41, 5.74) is -3.43. The van der Waals surface area contributed by atoms with Gasteiger partial charge in [-0.2, -0.15) is 26.3 Å². The Morgan fingerprint density at radius 2 is 1.60 bits per heavy atom. The minimum absolute atomic E-state index is 0.0139. The van der Waals surface area contributed by atoms with Crippen LogP contribution in [0.2, 0.25) is 0 Å². The SMILES string of the molecule is COC(=O)Cc1cc(I)c(C(F)(F)F)cc1C(F)(F)F. The Labute approximate surface area is 123 Å².